The van der Waals surface area contributed by atoms with E-state index in [1.807, 2.05) is 54.6 Å². The van der Waals surface area contributed by atoms with Crippen molar-refractivity contribution >= 4 is 28.5 Å². The SMILES string of the molecule is COc1ccc(NC(=O)C2(N(Cc3ccccc3)C(=O)Cn3nnc4ccccc43)CCCC2)c(OC)c1. The van der Waals surface area contributed by atoms with Crippen LogP contribution in [-0.2, 0) is 22.7 Å². The number of nitrogens with zero attached hydrogens (tertiary/aromatic N) is 4. The molecule has 0 bridgehead atoms. The van der Waals surface area contributed by atoms with Gasteiger partial charge < -0.3 is 19.7 Å². The molecule has 0 atom stereocenters. The van der Waals surface area contributed by atoms with Crippen LogP contribution in [0.4, 0.5) is 5.69 Å². The van der Waals surface area contributed by atoms with Gasteiger partial charge in [-0.2, -0.15) is 0 Å². The number of ether oxygens (including phenoxy) is 2. The second kappa shape index (κ2) is 10.9. The van der Waals surface area contributed by atoms with Crippen LogP contribution in [-0.4, -0.2) is 51.5 Å². The molecule has 1 N–H and O–H groups in total. The first-order valence-electron chi connectivity index (χ1n) is 12.7. The molecule has 4 aromatic rings. The van der Waals surface area contributed by atoms with E-state index >= 15 is 0 Å². The predicted molar refractivity (Wildman–Crippen MR) is 144 cm³/mol. The lowest BCUT2D eigenvalue weighted by Gasteiger charge is -2.40. The fraction of sp³-hybridized carbons (Fsp3) is 0.310. The number of aromatic nitrogens is 3. The van der Waals surface area contributed by atoms with Gasteiger partial charge >= 0.3 is 0 Å². The fourth-order valence-corrected chi connectivity index (χ4v) is 5.21. The van der Waals surface area contributed by atoms with Gasteiger partial charge in [0, 0.05) is 12.6 Å². The second-order valence-corrected chi connectivity index (χ2v) is 9.46. The third-order valence-electron chi connectivity index (χ3n) is 7.22. The standard InChI is InChI=1S/C29H31N5O4/c1-37-22-14-15-24(26(18-22)38-2)30-28(36)29(16-8-9-17-29)33(19-21-10-4-3-5-11-21)27(35)20-34-25-13-7-6-12-23(25)31-32-34/h3-7,10-15,18H,8-9,16-17,19-20H2,1-2H3,(H,30,36). The van der Waals surface area contributed by atoms with Crippen molar-refractivity contribution < 1.29 is 19.1 Å². The van der Waals surface area contributed by atoms with Crippen LogP contribution in [0.3, 0.4) is 0 Å². The van der Waals surface area contributed by atoms with Gasteiger partial charge in [-0.05, 0) is 42.7 Å². The molecule has 1 saturated carbocycles. The molecule has 1 fully saturated rings. The highest BCUT2D eigenvalue weighted by Crippen LogP contribution is 2.39. The monoisotopic (exact) mass is 513 g/mol. The molecule has 5 rings (SSSR count). The Morgan fingerprint density at radius 2 is 1.71 bits per heavy atom. The van der Waals surface area contributed by atoms with E-state index in [9.17, 15) is 9.59 Å². The summed E-state index contributed by atoms with van der Waals surface area (Å²) in [6.07, 6.45) is 2.82. The first kappa shape index (κ1) is 25.3. The number of benzene rings is 3. The van der Waals surface area contributed by atoms with Crippen molar-refractivity contribution in [3.8, 4) is 11.5 Å². The summed E-state index contributed by atoms with van der Waals surface area (Å²) in [5, 5.41) is 11.5. The molecular weight excluding hydrogens is 482 g/mol. The van der Waals surface area contributed by atoms with E-state index in [4.69, 9.17) is 9.47 Å². The lowest BCUT2D eigenvalue weighted by Crippen LogP contribution is -2.57. The van der Waals surface area contributed by atoms with E-state index in [0.29, 0.717) is 36.6 Å². The number of para-hydroxylation sites is 1. The number of anilines is 1. The predicted octanol–water partition coefficient (Wildman–Crippen LogP) is 4.43. The van der Waals surface area contributed by atoms with Crippen molar-refractivity contribution in [3.05, 3.63) is 78.4 Å². The Balaban J connectivity index is 1.49. The van der Waals surface area contributed by atoms with Crippen LogP contribution in [0.15, 0.2) is 72.8 Å². The fourth-order valence-electron chi connectivity index (χ4n) is 5.21. The van der Waals surface area contributed by atoms with E-state index in [2.05, 4.69) is 15.6 Å². The molecule has 2 amide bonds. The molecule has 1 aliphatic rings. The lowest BCUT2D eigenvalue weighted by atomic mass is 9.92. The summed E-state index contributed by atoms with van der Waals surface area (Å²) >= 11 is 0. The van der Waals surface area contributed by atoms with Gasteiger partial charge in [0.15, 0.2) is 0 Å². The van der Waals surface area contributed by atoms with Gasteiger partial charge in [-0.1, -0.05) is 60.5 Å². The number of carbonyl (C=O) groups excluding carboxylic acids is 2. The van der Waals surface area contributed by atoms with Crippen LogP contribution in [0.2, 0.25) is 0 Å². The van der Waals surface area contributed by atoms with Gasteiger partial charge in [0.05, 0.1) is 25.4 Å². The molecule has 38 heavy (non-hydrogen) atoms. The number of hydrogen-bond donors (Lipinski definition) is 1. The Morgan fingerprint density at radius 3 is 2.45 bits per heavy atom. The molecule has 196 valence electrons. The van der Waals surface area contributed by atoms with E-state index in [-0.39, 0.29) is 18.4 Å². The second-order valence-electron chi connectivity index (χ2n) is 9.46. The highest BCUT2D eigenvalue weighted by atomic mass is 16.5. The molecule has 0 aliphatic heterocycles. The Kier molecular flexibility index (Phi) is 7.26. The first-order valence-corrected chi connectivity index (χ1v) is 12.7. The largest absolute Gasteiger partial charge is 0.497 e. The van der Waals surface area contributed by atoms with Gasteiger partial charge in [0.1, 0.15) is 29.1 Å². The third-order valence-corrected chi connectivity index (χ3v) is 7.22. The number of rotatable bonds is 9. The van der Waals surface area contributed by atoms with Crippen LogP contribution >= 0.6 is 0 Å². The molecule has 9 nitrogen and oxygen atoms in total. The Bertz CT molecular complexity index is 1430. The normalized spacial score (nSPS) is 14.3. The maximum atomic E-state index is 14.1. The summed E-state index contributed by atoms with van der Waals surface area (Å²) in [4.78, 5) is 29.8. The van der Waals surface area contributed by atoms with Crippen LogP contribution in [0.5, 0.6) is 11.5 Å². The zero-order valence-electron chi connectivity index (χ0n) is 21.6. The van der Waals surface area contributed by atoms with Gasteiger partial charge in [-0.25, -0.2) is 4.68 Å². The lowest BCUT2D eigenvalue weighted by molar-refractivity contribution is -0.147. The topological polar surface area (TPSA) is 98.6 Å². The van der Waals surface area contributed by atoms with Crippen molar-refractivity contribution in [2.24, 2.45) is 0 Å². The number of carbonyl (C=O) groups is 2. The summed E-state index contributed by atoms with van der Waals surface area (Å²) in [6, 6.07) is 22.5. The molecule has 3 aromatic carbocycles. The molecule has 1 heterocycles. The summed E-state index contributed by atoms with van der Waals surface area (Å²) < 4.78 is 12.4. The Morgan fingerprint density at radius 1 is 0.974 bits per heavy atom. The Labute approximate surface area is 221 Å². The summed E-state index contributed by atoms with van der Waals surface area (Å²) in [7, 11) is 3.12. The van der Waals surface area contributed by atoms with E-state index < -0.39 is 5.54 Å². The van der Waals surface area contributed by atoms with Gasteiger partial charge in [0.25, 0.3) is 0 Å². The van der Waals surface area contributed by atoms with E-state index in [1.54, 1.807) is 42.0 Å². The molecular formula is C29H31N5O4. The van der Waals surface area contributed by atoms with Crippen LogP contribution in [0.25, 0.3) is 11.0 Å². The van der Waals surface area contributed by atoms with E-state index in [0.717, 1.165) is 29.4 Å². The molecule has 1 aliphatic carbocycles. The molecule has 0 spiro atoms. The number of amides is 2. The summed E-state index contributed by atoms with van der Waals surface area (Å²) in [5.74, 6) is 0.687. The van der Waals surface area contributed by atoms with Crippen LogP contribution < -0.4 is 14.8 Å². The first-order chi connectivity index (χ1) is 18.5. The average Bonchev–Trinajstić information content (AvgIpc) is 3.61. The molecule has 0 unspecified atom stereocenters. The van der Waals surface area contributed by atoms with Gasteiger partial charge in [-0.15, -0.1) is 5.10 Å². The van der Waals surface area contributed by atoms with Gasteiger partial charge in [-0.3, -0.25) is 9.59 Å². The zero-order valence-corrected chi connectivity index (χ0v) is 21.6. The van der Waals surface area contributed by atoms with Crippen LogP contribution in [0, 0.1) is 0 Å². The minimum absolute atomic E-state index is 0.0196. The summed E-state index contributed by atoms with van der Waals surface area (Å²) in [6.45, 7) is 0.285. The molecule has 0 radical (unpaired) electrons. The molecule has 0 saturated heterocycles. The smallest absolute Gasteiger partial charge is 0.250 e. The maximum absolute atomic E-state index is 14.1. The minimum atomic E-state index is -1.02. The van der Waals surface area contributed by atoms with Crippen molar-refractivity contribution in [1.29, 1.82) is 0 Å². The number of methoxy groups -OCH3 is 2. The van der Waals surface area contributed by atoms with Gasteiger partial charge in [0.2, 0.25) is 11.8 Å². The number of nitrogens with one attached hydrogen (secondary N) is 1. The number of hydrogen-bond acceptors (Lipinski definition) is 6. The third kappa shape index (κ3) is 4.91. The van der Waals surface area contributed by atoms with E-state index in [1.165, 1.54) is 0 Å². The molecule has 1 aromatic heterocycles. The maximum Gasteiger partial charge on any atom is 0.250 e. The van der Waals surface area contributed by atoms with Crippen molar-refractivity contribution in [2.75, 3.05) is 19.5 Å². The average molecular weight is 514 g/mol. The highest BCUT2D eigenvalue weighted by Gasteiger charge is 2.48. The number of fused-ring (bicyclic) bond motifs is 1. The molecule has 9 heteroatoms. The van der Waals surface area contributed by atoms with Crippen molar-refractivity contribution in [3.63, 3.8) is 0 Å². The summed E-state index contributed by atoms with van der Waals surface area (Å²) in [5.41, 5.74) is 1.95. The quantitative estimate of drug-likeness (QED) is 0.356. The highest BCUT2D eigenvalue weighted by molar-refractivity contribution is 6.01. The Hall–Kier alpha value is -4.40. The zero-order chi connectivity index (χ0) is 26.5. The minimum Gasteiger partial charge on any atom is -0.497 e. The van der Waals surface area contributed by atoms with Crippen molar-refractivity contribution in [1.82, 2.24) is 19.9 Å². The van der Waals surface area contributed by atoms with Crippen molar-refractivity contribution in [2.45, 2.75) is 44.3 Å². The van der Waals surface area contributed by atoms with Crippen LogP contribution in [0.1, 0.15) is 31.2 Å².